The average Bonchev–Trinajstić information content (AvgIpc) is 2.98. The van der Waals surface area contributed by atoms with Gasteiger partial charge in [-0.3, -0.25) is 4.79 Å². The minimum absolute atomic E-state index is 0.0221. The zero-order valence-electron chi connectivity index (χ0n) is 17.3. The maximum absolute atomic E-state index is 12.1. The highest BCUT2D eigenvalue weighted by atomic mass is 16.7. The fourth-order valence-electron chi connectivity index (χ4n) is 7.43. The van der Waals surface area contributed by atoms with Crippen LogP contribution in [0.2, 0.25) is 0 Å². The first-order chi connectivity index (χ1) is 12.8. The summed E-state index contributed by atoms with van der Waals surface area (Å²) < 4.78 is 10.5. The van der Waals surface area contributed by atoms with E-state index in [0.717, 1.165) is 38.5 Å². The normalized spacial score (nSPS) is 46.0. The van der Waals surface area contributed by atoms with Crippen molar-refractivity contribution in [3.63, 3.8) is 0 Å². The van der Waals surface area contributed by atoms with Gasteiger partial charge in [0.2, 0.25) is 0 Å². The Morgan fingerprint density at radius 2 is 1.96 bits per heavy atom. The highest BCUT2D eigenvalue weighted by molar-refractivity contribution is 5.91. The number of hydrogen-bond acceptors (Lipinski definition) is 4. The van der Waals surface area contributed by atoms with Crippen LogP contribution < -0.4 is 0 Å². The lowest BCUT2D eigenvalue weighted by molar-refractivity contribution is -0.120. The molecule has 0 aromatic heterocycles. The van der Waals surface area contributed by atoms with Gasteiger partial charge in [-0.25, -0.2) is 4.79 Å². The predicted molar refractivity (Wildman–Crippen MR) is 103 cm³/mol. The minimum Gasteiger partial charge on any atom is -0.438 e. The van der Waals surface area contributed by atoms with Gasteiger partial charge in [0.15, 0.2) is 5.78 Å². The molecule has 7 atom stereocenters. The highest BCUT2D eigenvalue weighted by Crippen LogP contribution is 2.67. The van der Waals surface area contributed by atoms with Crippen LogP contribution in [-0.4, -0.2) is 25.2 Å². The van der Waals surface area contributed by atoms with E-state index in [2.05, 4.69) is 20.8 Å². The van der Waals surface area contributed by atoms with E-state index in [1.165, 1.54) is 19.1 Å². The van der Waals surface area contributed by atoms with Crippen LogP contribution in [0.5, 0.6) is 0 Å². The molecule has 0 aromatic carbocycles. The third kappa shape index (κ3) is 2.77. The van der Waals surface area contributed by atoms with E-state index in [0.29, 0.717) is 35.9 Å². The Labute approximate surface area is 163 Å². The van der Waals surface area contributed by atoms with Crippen LogP contribution in [-0.2, 0) is 14.3 Å². The Bertz CT molecular complexity index is 667. The molecule has 0 aliphatic heterocycles. The zero-order chi connectivity index (χ0) is 19.4. The fourth-order valence-corrected chi connectivity index (χ4v) is 7.43. The molecule has 0 heterocycles. The first-order valence-electron chi connectivity index (χ1n) is 10.8. The Balaban J connectivity index is 1.66. The van der Waals surface area contributed by atoms with Gasteiger partial charge in [-0.2, -0.15) is 0 Å². The lowest BCUT2D eigenvalue weighted by Crippen LogP contribution is -2.54. The van der Waals surface area contributed by atoms with Crippen molar-refractivity contribution in [3.05, 3.63) is 11.6 Å². The number of carbonyl (C=O) groups is 2. The summed E-state index contributed by atoms with van der Waals surface area (Å²) in [4.78, 5) is 23.9. The van der Waals surface area contributed by atoms with Crippen molar-refractivity contribution in [3.8, 4) is 0 Å². The first kappa shape index (κ1) is 19.0. The van der Waals surface area contributed by atoms with E-state index in [1.54, 1.807) is 0 Å². The molecule has 0 N–H and O–H groups in total. The van der Waals surface area contributed by atoms with Gasteiger partial charge >= 0.3 is 6.16 Å². The van der Waals surface area contributed by atoms with Crippen LogP contribution in [0.1, 0.15) is 72.1 Å². The van der Waals surface area contributed by atoms with Crippen molar-refractivity contribution in [2.24, 2.45) is 34.5 Å². The number of allylic oxidation sites excluding steroid dienone is 1. The van der Waals surface area contributed by atoms with Crippen molar-refractivity contribution in [2.45, 2.75) is 78.2 Å². The lowest BCUT2D eigenvalue weighted by atomic mass is 9.44. The molecule has 4 nitrogen and oxygen atoms in total. The number of rotatable bonds is 2. The summed E-state index contributed by atoms with van der Waals surface area (Å²) in [5, 5.41) is 0. The molecule has 4 heteroatoms. The molecule has 0 aromatic rings. The van der Waals surface area contributed by atoms with Gasteiger partial charge in [0.1, 0.15) is 6.10 Å². The Morgan fingerprint density at radius 1 is 1.19 bits per heavy atom. The second kappa shape index (κ2) is 6.63. The van der Waals surface area contributed by atoms with E-state index in [9.17, 15) is 9.59 Å². The summed E-state index contributed by atoms with van der Waals surface area (Å²) in [5.41, 5.74) is 1.67. The molecular weight excluding hydrogens is 340 g/mol. The van der Waals surface area contributed by atoms with Gasteiger partial charge in [-0.05, 0) is 73.7 Å². The van der Waals surface area contributed by atoms with Gasteiger partial charge in [0.05, 0.1) is 7.11 Å². The second-order valence-electron chi connectivity index (χ2n) is 9.90. The van der Waals surface area contributed by atoms with Crippen LogP contribution in [0.15, 0.2) is 11.6 Å². The number of methoxy groups -OCH3 is 1. The minimum atomic E-state index is -0.539. The summed E-state index contributed by atoms with van der Waals surface area (Å²) in [5.74, 6) is 2.90. The quantitative estimate of drug-likeness (QED) is 0.615. The maximum atomic E-state index is 12.1. The van der Waals surface area contributed by atoms with Crippen LogP contribution in [0.25, 0.3) is 0 Å². The monoisotopic (exact) mass is 374 g/mol. The van der Waals surface area contributed by atoms with Gasteiger partial charge in [-0.1, -0.05) is 32.8 Å². The van der Waals surface area contributed by atoms with E-state index in [4.69, 9.17) is 9.47 Å². The molecule has 4 aliphatic carbocycles. The van der Waals surface area contributed by atoms with Gasteiger partial charge in [0, 0.05) is 11.8 Å². The average molecular weight is 375 g/mol. The predicted octanol–water partition coefficient (Wildman–Crippen LogP) is 5.31. The highest BCUT2D eigenvalue weighted by Gasteiger charge is 2.61. The first-order valence-corrected chi connectivity index (χ1v) is 10.8. The Hall–Kier alpha value is -1.32. The summed E-state index contributed by atoms with van der Waals surface area (Å²) in [6, 6.07) is 0. The van der Waals surface area contributed by atoms with E-state index >= 15 is 0 Å². The van der Waals surface area contributed by atoms with Crippen molar-refractivity contribution in [1.29, 1.82) is 0 Å². The number of ketones is 1. The number of fused-ring (bicyclic) bond motifs is 5. The largest absolute Gasteiger partial charge is 0.508 e. The van der Waals surface area contributed by atoms with Crippen LogP contribution in [0.3, 0.4) is 0 Å². The third-order valence-corrected chi connectivity index (χ3v) is 8.98. The van der Waals surface area contributed by atoms with Crippen LogP contribution in [0.4, 0.5) is 4.79 Å². The molecule has 150 valence electrons. The lowest BCUT2D eigenvalue weighted by Gasteiger charge is -2.60. The summed E-state index contributed by atoms with van der Waals surface area (Å²) >= 11 is 0. The van der Waals surface area contributed by atoms with Crippen molar-refractivity contribution < 1.29 is 19.1 Å². The zero-order valence-corrected chi connectivity index (χ0v) is 17.3. The molecule has 0 saturated heterocycles. The van der Waals surface area contributed by atoms with Crippen molar-refractivity contribution in [1.82, 2.24) is 0 Å². The molecule has 3 saturated carbocycles. The fraction of sp³-hybridized carbons (Fsp3) is 0.826. The van der Waals surface area contributed by atoms with Gasteiger partial charge in [0.25, 0.3) is 0 Å². The van der Waals surface area contributed by atoms with Crippen molar-refractivity contribution in [2.75, 3.05) is 7.11 Å². The van der Waals surface area contributed by atoms with Crippen LogP contribution >= 0.6 is 0 Å². The molecule has 3 unspecified atom stereocenters. The molecule has 4 rings (SSSR count). The van der Waals surface area contributed by atoms with Gasteiger partial charge in [-0.15, -0.1) is 0 Å². The molecule has 0 bridgehead atoms. The van der Waals surface area contributed by atoms with E-state index < -0.39 is 6.16 Å². The molecule has 0 radical (unpaired) electrons. The summed E-state index contributed by atoms with van der Waals surface area (Å²) in [6.45, 7) is 7.08. The number of hydrogen-bond donors (Lipinski definition) is 0. The standard InChI is InChI=1S/C23H34O4/c1-5-14-12-15-13-16(24)8-10-22(15,2)18-9-11-23(3)17(20(14)18)6-7-19(23)27-21(25)26-4/h13-14,17-20H,5-12H2,1-4H3/t14-,17?,18?,19-,20?,22-,23-/m0/s1. The Morgan fingerprint density at radius 3 is 2.67 bits per heavy atom. The molecule has 3 fully saturated rings. The SMILES string of the molecule is CC[C@H]1CC2=CC(=O)CC[C@]2(C)C2CC[C@@]3(C)C(CC[C@@H]3OC(=O)OC)C21. The Kier molecular flexibility index (Phi) is 4.67. The van der Waals surface area contributed by atoms with Crippen molar-refractivity contribution >= 4 is 11.9 Å². The summed E-state index contributed by atoms with van der Waals surface area (Å²) in [7, 11) is 1.39. The van der Waals surface area contributed by atoms with Gasteiger partial charge < -0.3 is 9.47 Å². The number of ether oxygens (including phenoxy) is 2. The van der Waals surface area contributed by atoms with E-state index in [-0.39, 0.29) is 16.9 Å². The molecule has 27 heavy (non-hydrogen) atoms. The maximum Gasteiger partial charge on any atom is 0.508 e. The van der Waals surface area contributed by atoms with Crippen LogP contribution in [0, 0.1) is 34.5 Å². The van der Waals surface area contributed by atoms with E-state index in [1.807, 2.05) is 6.08 Å². The molecule has 4 aliphatic rings. The third-order valence-electron chi connectivity index (χ3n) is 8.98. The molecular formula is C23H34O4. The topological polar surface area (TPSA) is 52.6 Å². The molecule has 0 amide bonds. The summed E-state index contributed by atoms with van der Waals surface area (Å²) in [6.07, 6.45) is 9.77. The smallest absolute Gasteiger partial charge is 0.438 e. The number of carbonyl (C=O) groups excluding carboxylic acids is 2. The molecule has 0 spiro atoms. The second-order valence-corrected chi connectivity index (χ2v) is 9.90.